The number of carboxylic acids is 1. The molecule has 0 radical (unpaired) electrons. The molecule has 92 valence electrons. The Bertz CT molecular complexity index is 381. The summed E-state index contributed by atoms with van der Waals surface area (Å²) in [6, 6.07) is 5.13. The smallest absolute Gasteiger partial charge is 0.317 e. The topological polar surface area (TPSA) is 82.5 Å². The molecule has 2 amide bonds. The fraction of sp³-hybridized carbons (Fsp3) is 0.364. The second-order valence-corrected chi connectivity index (χ2v) is 3.55. The van der Waals surface area contributed by atoms with Crippen molar-refractivity contribution in [2.24, 2.45) is 0 Å². The number of urea groups is 1. The first-order valence-corrected chi connectivity index (χ1v) is 5.20. The molecule has 0 fully saturated rings. The van der Waals surface area contributed by atoms with Gasteiger partial charge in [0.25, 0.3) is 0 Å². The summed E-state index contributed by atoms with van der Waals surface area (Å²) in [5.74, 6) is -0.922. The number of rotatable bonds is 5. The Hall–Kier alpha value is -2.11. The molecule has 0 aliphatic rings. The van der Waals surface area contributed by atoms with Crippen LogP contribution in [0.5, 0.6) is 0 Å². The van der Waals surface area contributed by atoms with E-state index in [2.05, 4.69) is 10.3 Å². The molecule has 6 nitrogen and oxygen atoms in total. The van der Waals surface area contributed by atoms with Gasteiger partial charge in [-0.25, -0.2) is 4.79 Å². The number of hydrogen-bond acceptors (Lipinski definition) is 3. The Morgan fingerprint density at radius 1 is 1.47 bits per heavy atom. The molecule has 17 heavy (non-hydrogen) atoms. The van der Waals surface area contributed by atoms with Gasteiger partial charge in [0.15, 0.2) is 0 Å². The molecule has 6 heteroatoms. The maximum absolute atomic E-state index is 11.5. The number of pyridine rings is 1. The van der Waals surface area contributed by atoms with Gasteiger partial charge in [0.2, 0.25) is 0 Å². The summed E-state index contributed by atoms with van der Waals surface area (Å²) in [4.78, 5) is 27.2. The zero-order valence-corrected chi connectivity index (χ0v) is 9.59. The van der Waals surface area contributed by atoms with Crippen molar-refractivity contribution >= 4 is 12.0 Å². The molecular weight excluding hydrogens is 222 g/mol. The van der Waals surface area contributed by atoms with E-state index in [0.29, 0.717) is 6.54 Å². The number of carboxylic acid groups (broad SMARTS) is 1. The molecule has 1 heterocycles. The number of hydrogen-bond donors (Lipinski definition) is 2. The second-order valence-electron chi connectivity index (χ2n) is 3.55. The summed E-state index contributed by atoms with van der Waals surface area (Å²) in [5.41, 5.74) is 0.757. The van der Waals surface area contributed by atoms with E-state index in [4.69, 9.17) is 5.11 Å². The van der Waals surface area contributed by atoms with Crippen LogP contribution in [0.15, 0.2) is 24.4 Å². The maximum Gasteiger partial charge on any atom is 0.317 e. The SMILES string of the molecule is CN(CCC(=O)O)C(=O)NCc1ccccn1. The lowest BCUT2D eigenvalue weighted by molar-refractivity contribution is -0.137. The molecule has 1 aromatic rings. The molecule has 0 aromatic carbocycles. The number of carbonyl (C=O) groups is 2. The van der Waals surface area contributed by atoms with Crippen molar-refractivity contribution < 1.29 is 14.7 Å². The van der Waals surface area contributed by atoms with Crippen molar-refractivity contribution in [3.05, 3.63) is 30.1 Å². The molecule has 0 saturated heterocycles. The van der Waals surface area contributed by atoms with Crippen LogP contribution < -0.4 is 5.32 Å². The van der Waals surface area contributed by atoms with Gasteiger partial charge in [0.1, 0.15) is 0 Å². The van der Waals surface area contributed by atoms with Crippen LogP contribution in [0.3, 0.4) is 0 Å². The van der Waals surface area contributed by atoms with E-state index < -0.39 is 5.97 Å². The zero-order valence-electron chi connectivity index (χ0n) is 9.59. The third-order valence-corrected chi connectivity index (χ3v) is 2.15. The highest BCUT2D eigenvalue weighted by Gasteiger charge is 2.09. The summed E-state index contributed by atoms with van der Waals surface area (Å²) in [6.07, 6.45) is 1.59. The average Bonchev–Trinajstić information content (AvgIpc) is 2.34. The van der Waals surface area contributed by atoms with Crippen molar-refractivity contribution in [2.45, 2.75) is 13.0 Å². The predicted molar refractivity (Wildman–Crippen MR) is 61.4 cm³/mol. The lowest BCUT2D eigenvalue weighted by atomic mass is 10.3. The highest BCUT2D eigenvalue weighted by atomic mass is 16.4. The lowest BCUT2D eigenvalue weighted by Crippen LogP contribution is -2.38. The summed E-state index contributed by atoms with van der Waals surface area (Å²) < 4.78 is 0. The number of aliphatic carboxylic acids is 1. The minimum absolute atomic E-state index is 0.0620. The van der Waals surface area contributed by atoms with Gasteiger partial charge in [-0.2, -0.15) is 0 Å². The standard InChI is InChI=1S/C11H15N3O3/c1-14(7-5-10(15)16)11(17)13-8-9-4-2-3-6-12-9/h2-4,6H,5,7-8H2,1H3,(H,13,17)(H,15,16). The second kappa shape index (κ2) is 6.47. The molecule has 0 unspecified atom stereocenters. The Morgan fingerprint density at radius 3 is 2.82 bits per heavy atom. The van der Waals surface area contributed by atoms with Crippen molar-refractivity contribution in [2.75, 3.05) is 13.6 Å². The maximum atomic E-state index is 11.5. The largest absolute Gasteiger partial charge is 0.481 e. The lowest BCUT2D eigenvalue weighted by Gasteiger charge is -2.16. The van der Waals surface area contributed by atoms with Crippen LogP contribution in [0.2, 0.25) is 0 Å². The van der Waals surface area contributed by atoms with Gasteiger partial charge in [-0.1, -0.05) is 6.07 Å². The van der Waals surface area contributed by atoms with E-state index in [-0.39, 0.29) is 19.0 Å². The first kappa shape index (κ1) is 13.0. The van der Waals surface area contributed by atoms with E-state index in [9.17, 15) is 9.59 Å². The first-order valence-electron chi connectivity index (χ1n) is 5.20. The molecule has 1 aromatic heterocycles. The highest BCUT2D eigenvalue weighted by molar-refractivity contribution is 5.74. The summed E-state index contributed by atoms with van der Waals surface area (Å²) >= 11 is 0. The molecule has 0 aliphatic heterocycles. The minimum Gasteiger partial charge on any atom is -0.481 e. The molecule has 0 saturated carbocycles. The van der Waals surface area contributed by atoms with Gasteiger partial charge in [-0.3, -0.25) is 9.78 Å². The van der Waals surface area contributed by atoms with Gasteiger partial charge < -0.3 is 15.3 Å². The third-order valence-electron chi connectivity index (χ3n) is 2.15. The number of nitrogens with zero attached hydrogens (tertiary/aromatic N) is 2. The molecule has 0 aliphatic carbocycles. The summed E-state index contributed by atoms with van der Waals surface area (Å²) in [5, 5.41) is 11.1. The van der Waals surface area contributed by atoms with Crippen LogP contribution in [-0.2, 0) is 11.3 Å². The number of amides is 2. The minimum atomic E-state index is -0.922. The average molecular weight is 237 g/mol. The molecule has 2 N–H and O–H groups in total. The number of nitrogens with one attached hydrogen (secondary N) is 1. The fourth-order valence-corrected chi connectivity index (χ4v) is 1.17. The van der Waals surface area contributed by atoms with Crippen LogP contribution in [0.1, 0.15) is 12.1 Å². The van der Waals surface area contributed by atoms with E-state index in [1.54, 1.807) is 25.4 Å². The van der Waals surface area contributed by atoms with Crippen LogP contribution >= 0.6 is 0 Å². The Balaban J connectivity index is 2.32. The van der Waals surface area contributed by atoms with E-state index >= 15 is 0 Å². The van der Waals surface area contributed by atoms with Gasteiger partial charge >= 0.3 is 12.0 Å². The van der Waals surface area contributed by atoms with Gasteiger partial charge in [0.05, 0.1) is 18.7 Å². The van der Waals surface area contributed by atoms with Crippen LogP contribution in [0.25, 0.3) is 0 Å². The zero-order chi connectivity index (χ0) is 12.7. The van der Waals surface area contributed by atoms with Crippen molar-refractivity contribution in [3.63, 3.8) is 0 Å². The van der Waals surface area contributed by atoms with Gasteiger partial charge in [0, 0.05) is 19.8 Å². The number of carbonyl (C=O) groups excluding carboxylic acids is 1. The van der Waals surface area contributed by atoms with Crippen molar-refractivity contribution in [1.29, 1.82) is 0 Å². The Morgan fingerprint density at radius 2 is 2.24 bits per heavy atom. The van der Waals surface area contributed by atoms with E-state index in [1.165, 1.54) is 4.90 Å². The van der Waals surface area contributed by atoms with E-state index in [1.807, 2.05) is 6.07 Å². The molecule has 0 atom stereocenters. The molecular formula is C11H15N3O3. The molecule has 1 rings (SSSR count). The highest BCUT2D eigenvalue weighted by Crippen LogP contribution is 1.94. The first-order chi connectivity index (χ1) is 8.09. The third kappa shape index (κ3) is 4.96. The van der Waals surface area contributed by atoms with Gasteiger partial charge in [-0.15, -0.1) is 0 Å². The molecule has 0 spiro atoms. The molecule has 0 bridgehead atoms. The fourth-order valence-electron chi connectivity index (χ4n) is 1.17. The van der Waals surface area contributed by atoms with Crippen molar-refractivity contribution in [1.82, 2.24) is 15.2 Å². The van der Waals surface area contributed by atoms with Crippen LogP contribution in [0.4, 0.5) is 4.79 Å². The Labute approximate surface area is 99.3 Å². The monoisotopic (exact) mass is 237 g/mol. The van der Waals surface area contributed by atoms with Gasteiger partial charge in [-0.05, 0) is 12.1 Å². The normalized spacial score (nSPS) is 9.71. The summed E-state index contributed by atoms with van der Waals surface area (Å²) in [7, 11) is 1.55. The number of aromatic nitrogens is 1. The quantitative estimate of drug-likeness (QED) is 0.789. The van der Waals surface area contributed by atoms with E-state index in [0.717, 1.165) is 5.69 Å². The van der Waals surface area contributed by atoms with Crippen LogP contribution in [-0.4, -0.2) is 40.6 Å². The Kier molecular flexibility index (Phi) is 4.93. The van der Waals surface area contributed by atoms with Crippen LogP contribution in [0, 0.1) is 0 Å². The van der Waals surface area contributed by atoms with Crippen molar-refractivity contribution in [3.8, 4) is 0 Å². The predicted octanol–water partition coefficient (Wildman–Crippen LogP) is 0.698. The summed E-state index contributed by atoms with van der Waals surface area (Å²) in [6.45, 7) is 0.514.